The summed E-state index contributed by atoms with van der Waals surface area (Å²) >= 11 is 5.77. The largest absolute Gasteiger partial charge is 0.493 e. The molecule has 5 rings (SSSR count). The zero-order chi connectivity index (χ0) is 28.6. The van der Waals surface area contributed by atoms with Crippen LogP contribution in [0.25, 0.3) is 10.9 Å². The molecule has 0 saturated heterocycles. The summed E-state index contributed by atoms with van der Waals surface area (Å²) < 4.78 is 23.0. The van der Waals surface area contributed by atoms with Crippen LogP contribution in [-0.4, -0.2) is 43.1 Å². The van der Waals surface area contributed by atoms with Crippen molar-refractivity contribution in [1.82, 2.24) is 10.3 Å². The number of pyridine rings is 1. The third-order valence-corrected chi connectivity index (χ3v) is 6.55. The molecule has 1 saturated carbocycles. The zero-order valence-electron chi connectivity index (χ0n) is 22.5. The fourth-order valence-electron chi connectivity index (χ4n) is 4.09. The van der Waals surface area contributed by atoms with E-state index in [1.807, 2.05) is 36.4 Å². The van der Waals surface area contributed by atoms with Gasteiger partial charge in [-0.05, 0) is 61.7 Å². The molecule has 0 bridgehead atoms. The summed E-state index contributed by atoms with van der Waals surface area (Å²) in [5.74, 6) is 3.20. The summed E-state index contributed by atoms with van der Waals surface area (Å²) in [5, 5.41) is 16.7. The van der Waals surface area contributed by atoms with Crippen molar-refractivity contribution >= 4 is 39.8 Å². The topological polar surface area (TPSA) is 115 Å². The molecule has 2 N–H and O–H groups in total. The van der Waals surface area contributed by atoms with Crippen molar-refractivity contribution in [3.8, 4) is 34.8 Å². The van der Waals surface area contributed by atoms with Gasteiger partial charge in [-0.3, -0.25) is 9.78 Å². The van der Waals surface area contributed by atoms with Gasteiger partial charge in [0.2, 0.25) is 0 Å². The van der Waals surface area contributed by atoms with Gasteiger partial charge in [0.15, 0.2) is 18.1 Å². The standard InChI is InChI=1S/C31H29ClN4O5/c1-38-28-15-26-27(16-29(28)39-13-3-12-32)34-18-20(17-33)31(26)36-22-8-10-23(11-9-22)41-25-5-2-4-24(14-25)40-19-30(37)35-21-6-7-21/h2,4-5,8-11,14-16,18,21H,3,6-7,12-13,19H2,1H3,(H,34,36)(H,35,37). The van der Waals surface area contributed by atoms with Crippen LogP contribution >= 0.6 is 11.6 Å². The first-order chi connectivity index (χ1) is 20.1. The average molecular weight is 573 g/mol. The molecule has 0 radical (unpaired) electrons. The summed E-state index contributed by atoms with van der Waals surface area (Å²) in [6, 6.07) is 20.6. The number of ether oxygens (including phenoxy) is 4. The Hall–Kier alpha value is -4.68. The molecule has 1 aliphatic rings. The molecule has 210 valence electrons. The van der Waals surface area contributed by atoms with Crippen LogP contribution in [0.5, 0.6) is 28.7 Å². The van der Waals surface area contributed by atoms with Crippen LogP contribution in [0.15, 0.2) is 66.9 Å². The Morgan fingerprint density at radius 2 is 1.85 bits per heavy atom. The molecule has 0 aliphatic heterocycles. The van der Waals surface area contributed by atoms with Gasteiger partial charge in [-0.2, -0.15) is 5.26 Å². The molecule has 0 spiro atoms. The molecular formula is C31H29ClN4O5. The lowest BCUT2D eigenvalue weighted by atomic mass is 10.1. The first-order valence-electron chi connectivity index (χ1n) is 13.2. The number of nitriles is 1. The summed E-state index contributed by atoms with van der Waals surface area (Å²) in [7, 11) is 1.57. The van der Waals surface area contributed by atoms with Crippen LogP contribution in [0.4, 0.5) is 11.4 Å². The summed E-state index contributed by atoms with van der Waals surface area (Å²) in [6.45, 7) is 0.416. The van der Waals surface area contributed by atoms with Crippen LogP contribution in [0.3, 0.4) is 0 Å². The molecule has 1 aromatic heterocycles. The van der Waals surface area contributed by atoms with Gasteiger partial charge in [0, 0.05) is 41.3 Å². The second kappa shape index (κ2) is 13.1. The Balaban J connectivity index is 1.29. The smallest absolute Gasteiger partial charge is 0.258 e. The number of hydrogen-bond acceptors (Lipinski definition) is 8. The van der Waals surface area contributed by atoms with Crippen molar-refractivity contribution < 1.29 is 23.7 Å². The molecule has 1 amide bonds. The van der Waals surface area contributed by atoms with Crippen molar-refractivity contribution in [2.24, 2.45) is 0 Å². The minimum atomic E-state index is -0.127. The number of aromatic nitrogens is 1. The van der Waals surface area contributed by atoms with Gasteiger partial charge in [0.1, 0.15) is 23.3 Å². The molecule has 0 atom stereocenters. The normalized spacial score (nSPS) is 12.3. The number of carbonyl (C=O) groups is 1. The molecule has 1 heterocycles. The second-order valence-electron chi connectivity index (χ2n) is 9.43. The van der Waals surface area contributed by atoms with Crippen molar-refractivity contribution in [3.63, 3.8) is 0 Å². The van der Waals surface area contributed by atoms with E-state index in [9.17, 15) is 10.1 Å². The Labute approximate surface area is 243 Å². The van der Waals surface area contributed by atoms with Crippen molar-refractivity contribution in [2.75, 3.05) is 31.5 Å². The van der Waals surface area contributed by atoms with E-state index >= 15 is 0 Å². The van der Waals surface area contributed by atoms with Gasteiger partial charge in [-0.15, -0.1) is 11.6 Å². The molecule has 1 aliphatic carbocycles. The van der Waals surface area contributed by atoms with E-state index < -0.39 is 0 Å². The molecule has 1 fully saturated rings. The number of fused-ring (bicyclic) bond motifs is 1. The molecule has 3 aromatic carbocycles. The first-order valence-corrected chi connectivity index (χ1v) is 13.8. The minimum Gasteiger partial charge on any atom is -0.493 e. The molecule has 4 aromatic rings. The second-order valence-corrected chi connectivity index (χ2v) is 9.80. The number of halogens is 1. The zero-order valence-corrected chi connectivity index (χ0v) is 23.2. The van der Waals surface area contributed by atoms with Gasteiger partial charge < -0.3 is 29.6 Å². The Morgan fingerprint density at radius 3 is 2.59 bits per heavy atom. The van der Waals surface area contributed by atoms with E-state index in [-0.39, 0.29) is 12.5 Å². The molecular weight excluding hydrogens is 544 g/mol. The third-order valence-electron chi connectivity index (χ3n) is 6.29. The maximum atomic E-state index is 11.9. The number of rotatable bonds is 13. The number of anilines is 2. The maximum absolute atomic E-state index is 11.9. The van der Waals surface area contributed by atoms with Crippen molar-refractivity contribution in [3.05, 3.63) is 72.4 Å². The van der Waals surface area contributed by atoms with E-state index in [0.29, 0.717) is 75.9 Å². The van der Waals surface area contributed by atoms with Crippen LogP contribution < -0.4 is 29.6 Å². The number of methoxy groups -OCH3 is 1. The molecule has 10 heteroatoms. The molecule has 41 heavy (non-hydrogen) atoms. The quantitative estimate of drug-likeness (QED) is 0.141. The Bertz CT molecular complexity index is 1570. The number of hydrogen-bond donors (Lipinski definition) is 2. The summed E-state index contributed by atoms with van der Waals surface area (Å²) in [4.78, 5) is 16.4. The highest BCUT2D eigenvalue weighted by Crippen LogP contribution is 2.37. The van der Waals surface area contributed by atoms with Gasteiger partial charge in [-0.25, -0.2) is 0 Å². The summed E-state index contributed by atoms with van der Waals surface area (Å²) in [6.07, 6.45) is 4.29. The van der Waals surface area contributed by atoms with E-state index in [0.717, 1.165) is 18.5 Å². The van der Waals surface area contributed by atoms with Gasteiger partial charge in [0.05, 0.1) is 30.5 Å². The fourth-order valence-corrected chi connectivity index (χ4v) is 4.20. The van der Waals surface area contributed by atoms with Crippen molar-refractivity contribution in [2.45, 2.75) is 25.3 Å². The number of nitrogens with zero attached hydrogens (tertiary/aromatic N) is 2. The lowest BCUT2D eigenvalue weighted by Crippen LogP contribution is -2.30. The van der Waals surface area contributed by atoms with Gasteiger partial charge >= 0.3 is 0 Å². The Morgan fingerprint density at radius 1 is 1.05 bits per heavy atom. The van der Waals surface area contributed by atoms with Crippen LogP contribution in [0.2, 0.25) is 0 Å². The minimum absolute atomic E-state index is 0.0388. The highest BCUT2D eigenvalue weighted by Gasteiger charge is 2.23. The van der Waals surface area contributed by atoms with E-state index in [1.165, 1.54) is 6.20 Å². The van der Waals surface area contributed by atoms with E-state index in [4.69, 9.17) is 30.5 Å². The number of nitrogens with one attached hydrogen (secondary N) is 2. The van der Waals surface area contributed by atoms with Crippen LogP contribution in [-0.2, 0) is 4.79 Å². The highest BCUT2D eigenvalue weighted by atomic mass is 35.5. The number of alkyl halides is 1. The predicted octanol–water partition coefficient (Wildman–Crippen LogP) is 6.32. The highest BCUT2D eigenvalue weighted by molar-refractivity contribution is 6.17. The van der Waals surface area contributed by atoms with Gasteiger partial charge in [-0.1, -0.05) is 6.07 Å². The SMILES string of the molecule is COc1cc2c(Nc3ccc(Oc4cccc(OCC(=O)NC5CC5)c4)cc3)c(C#N)cnc2cc1OCCCCl. The van der Waals surface area contributed by atoms with E-state index in [1.54, 1.807) is 31.4 Å². The van der Waals surface area contributed by atoms with Crippen molar-refractivity contribution in [1.29, 1.82) is 5.26 Å². The van der Waals surface area contributed by atoms with E-state index in [2.05, 4.69) is 21.7 Å². The fraction of sp³-hybridized carbons (Fsp3) is 0.258. The molecule has 0 unspecified atom stereocenters. The lowest BCUT2D eigenvalue weighted by Gasteiger charge is -2.15. The number of amides is 1. The average Bonchev–Trinajstić information content (AvgIpc) is 3.81. The lowest BCUT2D eigenvalue weighted by molar-refractivity contribution is -0.123. The van der Waals surface area contributed by atoms with Crippen LogP contribution in [0.1, 0.15) is 24.8 Å². The summed E-state index contributed by atoms with van der Waals surface area (Å²) in [5.41, 5.74) is 2.40. The number of carbonyl (C=O) groups excluding carboxylic acids is 1. The Kier molecular flexibility index (Phi) is 8.92. The maximum Gasteiger partial charge on any atom is 0.258 e. The third kappa shape index (κ3) is 7.29. The molecule has 9 nitrogen and oxygen atoms in total. The number of benzene rings is 3. The first kappa shape index (κ1) is 27.9. The monoisotopic (exact) mass is 572 g/mol. The predicted molar refractivity (Wildman–Crippen MR) is 157 cm³/mol. The van der Waals surface area contributed by atoms with Gasteiger partial charge in [0.25, 0.3) is 5.91 Å². The van der Waals surface area contributed by atoms with Crippen LogP contribution in [0, 0.1) is 11.3 Å².